The maximum Gasteiger partial charge on any atom is 0.223 e. The Morgan fingerprint density at radius 1 is 1.20 bits per heavy atom. The van der Waals surface area contributed by atoms with Crippen molar-refractivity contribution in [1.82, 2.24) is 24.6 Å². The van der Waals surface area contributed by atoms with E-state index >= 15 is 0 Å². The van der Waals surface area contributed by atoms with Crippen LogP contribution in [-0.2, 0) is 24.9 Å². The molecule has 1 aliphatic heterocycles. The third-order valence-corrected chi connectivity index (χ3v) is 5.53. The molecule has 1 aliphatic rings. The van der Waals surface area contributed by atoms with Crippen molar-refractivity contribution in [2.75, 3.05) is 31.5 Å². The lowest BCUT2D eigenvalue weighted by Gasteiger charge is -2.34. The van der Waals surface area contributed by atoms with Crippen molar-refractivity contribution in [3.05, 3.63) is 28.0 Å². The first-order valence-electron chi connectivity index (χ1n) is 8.58. The molecule has 3 heterocycles. The average molecular weight is 363 g/mol. The molecule has 136 valence electrons. The van der Waals surface area contributed by atoms with Crippen molar-refractivity contribution < 1.29 is 4.79 Å². The van der Waals surface area contributed by atoms with Crippen LogP contribution in [0.1, 0.15) is 29.6 Å². The number of anilines is 1. The van der Waals surface area contributed by atoms with E-state index in [9.17, 15) is 4.79 Å². The molecule has 0 aromatic carbocycles. The Kier molecular flexibility index (Phi) is 5.51. The zero-order valence-electron chi connectivity index (χ0n) is 15.4. The molecule has 2 aromatic heterocycles. The number of thiazole rings is 1. The number of hydrogen-bond donors (Lipinski definition) is 1. The van der Waals surface area contributed by atoms with Gasteiger partial charge in [-0.2, -0.15) is 5.10 Å². The molecule has 0 radical (unpaired) electrons. The summed E-state index contributed by atoms with van der Waals surface area (Å²) in [4.78, 5) is 20.5. The summed E-state index contributed by atoms with van der Waals surface area (Å²) >= 11 is 1.48. The fourth-order valence-corrected chi connectivity index (χ4v) is 3.94. The van der Waals surface area contributed by atoms with Crippen molar-refractivity contribution >= 4 is 22.4 Å². The van der Waals surface area contributed by atoms with E-state index in [1.54, 1.807) is 0 Å². The Balaban J connectivity index is 1.50. The number of nitrogens with zero attached hydrogens (tertiary/aromatic N) is 5. The van der Waals surface area contributed by atoms with Crippen LogP contribution in [0.2, 0.25) is 0 Å². The van der Waals surface area contributed by atoms with Gasteiger partial charge in [-0.3, -0.25) is 19.3 Å². The molecule has 1 fully saturated rings. The van der Waals surface area contributed by atoms with E-state index < -0.39 is 0 Å². The lowest BCUT2D eigenvalue weighted by molar-refractivity contribution is -0.114. The molecular formula is C17H26N6OS. The van der Waals surface area contributed by atoms with Gasteiger partial charge in [-0.15, -0.1) is 11.3 Å². The maximum absolute atomic E-state index is 11.1. The number of amides is 1. The molecule has 1 saturated heterocycles. The van der Waals surface area contributed by atoms with Crippen LogP contribution < -0.4 is 5.32 Å². The number of carbonyl (C=O) groups is 1. The lowest BCUT2D eigenvalue weighted by Crippen LogP contribution is -2.45. The zero-order valence-corrected chi connectivity index (χ0v) is 16.2. The summed E-state index contributed by atoms with van der Waals surface area (Å²) in [5.41, 5.74) is 4.78. The van der Waals surface area contributed by atoms with Gasteiger partial charge in [0, 0.05) is 69.9 Å². The largest absolute Gasteiger partial charge is 0.302 e. The van der Waals surface area contributed by atoms with Crippen molar-refractivity contribution in [2.45, 2.75) is 33.9 Å². The van der Waals surface area contributed by atoms with Gasteiger partial charge >= 0.3 is 0 Å². The van der Waals surface area contributed by atoms with Gasteiger partial charge in [0.25, 0.3) is 0 Å². The second-order valence-electron chi connectivity index (χ2n) is 6.65. The van der Waals surface area contributed by atoms with Gasteiger partial charge in [0.15, 0.2) is 5.13 Å². The summed E-state index contributed by atoms with van der Waals surface area (Å²) in [5.74, 6) is -0.0736. The van der Waals surface area contributed by atoms with Crippen molar-refractivity contribution in [3.63, 3.8) is 0 Å². The van der Waals surface area contributed by atoms with Crippen LogP contribution in [0, 0.1) is 13.8 Å². The summed E-state index contributed by atoms with van der Waals surface area (Å²) in [6.45, 7) is 11.7. The van der Waals surface area contributed by atoms with E-state index in [1.807, 2.05) is 17.1 Å². The van der Waals surface area contributed by atoms with Gasteiger partial charge in [-0.25, -0.2) is 4.98 Å². The molecular weight excluding hydrogens is 336 g/mol. The molecule has 0 atom stereocenters. The molecule has 2 aromatic rings. The lowest BCUT2D eigenvalue weighted by atomic mass is 10.1. The quantitative estimate of drug-likeness (QED) is 0.878. The number of hydrogen-bond acceptors (Lipinski definition) is 6. The SMILES string of the molecule is CC(=O)Nc1nc(CN2CCN(Cc3c(C)nn(C)c3C)CC2)cs1. The molecule has 1 N–H and O–H groups in total. The standard InChI is InChI=1S/C17H26N6OS/c1-12-16(13(2)21(4)20-12)10-23-7-5-22(6-8-23)9-15-11-25-17(19-15)18-14(3)24/h11H,5-10H2,1-4H3,(H,18,19,24). The Morgan fingerprint density at radius 2 is 1.84 bits per heavy atom. The Hall–Kier alpha value is -1.77. The summed E-state index contributed by atoms with van der Waals surface area (Å²) in [6.07, 6.45) is 0. The van der Waals surface area contributed by atoms with Crippen molar-refractivity contribution in [2.24, 2.45) is 7.05 Å². The van der Waals surface area contributed by atoms with Crippen LogP contribution in [0.4, 0.5) is 5.13 Å². The Labute approximate surface area is 152 Å². The maximum atomic E-state index is 11.1. The van der Waals surface area contributed by atoms with Gasteiger partial charge in [-0.1, -0.05) is 0 Å². The zero-order chi connectivity index (χ0) is 18.0. The third-order valence-electron chi connectivity index (χ3n) is 4.73. The highest BCUT2D eigenvalue weighted by Gasteiger charge is 2.20. The van der Waals surface area contributed by atoms with E-state index in [0.717, 1.165) is 50.7 Å². The number of piperazine rings is 1. The number of aryl methyl sites for hydroxylation is 2. The molecule has 0 spiro atoms. The molecule has 1 amide bonds. The fourth-order valence-electron chi connectivity index (χ4n) is 3.19. The molecule has 0 saturated carbocycles. The molecule has 3 rings (SSSR count). The topological polar surface area (TPSA) is 66.3 Å². The smallest absolute Gasteiger partial charge is 0.223 e. The normalized spacial score (nSPS) is 16.3. The first kappa shape index (κ1) is 18.0. The number of aromatic nitrogens is 3. The van der Waals surface area contributed by atoms with Gasteiger partial charge in [0.05, 0.1) is 11.4 Å². The van der Waals surface area contributed by atoms with E-state index in [1.165, 1.54) is 29.5 Å². The molecule has 0 unspecified atom stereocenters. The summed E-state index contributed by atoms with van der Waals surface area (Å²) in [5, 5.41) is 9.97. The molecule has 0 aliphatic carbocycles. The van der Waals surface area contributed by atoms with E-state index in [2.05, 4.69) is 39.0 Å². The van der Waals surface area contributed by atoms with Crippen molar-refractivity contribution in [3.8, 4) is 0 Å². The van der Waals surface area contributed by atoms with Gasteiger partial charge in [0.2, 0.25) is 5.91 Å². The molecule has 25 heavy (non-hydrogen) atoms. The monoisotopic (exact) mass is 362 g/mol. The molecule has 0 bridgehead atoms. The average Bonchev–Trinajstić information content (AvgIpc) is 3.08. The predicted molar refractivity (Wildman–Crippen MR) is 99.7 cm³/mol. The van der Waals surface area contributed by atoms with Crippen LogP contribution in [0.5, 0.6) is 0 Å². The van der Waals surface area contributed by atoms with Crippen LogP contribution in [-0.4, -0.2) is 56.7 Å². The number of carbonyl (C=O) groups excluding carboxylic acids is 1. The van der Waals surface area contributed by atoms with E-state index in [-0.39, 0.29) is 5.91 Å². The summed E-state index contributed by atoms with van der Waals surface area (Å²) in [7, 11) is 2.01. The summed E-state index contributed by atoms with van der Waals surface area (Å²) < 4.78 is 1.97. The first-order chi connectivity index (χ1) is 11.9. The minimum atomic E-state index is -0.0736. The van der Waals surface area contributed by atoms with Gasteiger partial charge < -0.3 is 5.32 Å². The summed E-state index contributed by atoms with van der Waals surface area (Å²) in [6, 6.07) is 0. The molecule has 7 nitrogen and oxygen atoms in total. The fraction of sp³-hybridized carbons (Fsp3) is 0.588. The Morgan fingerprint density at radius 3 is 2.40 bits per heavy atom. The minimum absolute atomic E-state index is 0.0736. The number of rotatable bonds is 5. The second kappa shape index (κ2) is 7.63. The van der Waals surface area contributed by atoms with Crippen molar-refractivity contribution in [1.29, 1.82) is 0 Å². The van der Waals surface area contributed by atoms with Gasteiger partial charge in [-0.05, 0) is 13.8 Å². The first-order valence-corrected chi connectivity index (χ1v) is 9.46. The van der Waals surface area contributed by atoms with Gasteiger partial charge in [0.1, 0.15) is 0 Å². The third kappa shape index (κ3) is 4.45. The van der Waals surface area contributed by atoms with Crippen LogP contribution in [0.25, 0.3) is 0 Å². The number of nitrogens with one attached hydrogen (secondary N) is 1. The minimum Gasteiger partial charge on any atom is -0.302 e. The van der Waals surface area contributed by atoms with E-state index in [0.29, 0.717) is 5.13 Å². The second-order valence-corrected chi connectivity index (χ2v) is 7.51. The predicted octanol–water partition coefficient (Wildman–Crippen LogP) is 1.77. The Bertz CT molecular complexity index is 744. The highest BCUT2D eigenvalue weighted by atomic mass is 32.1. The van der Waals surface area contributed by atoms with Crippen LogP contribution in [0.3, 0.4) is 0 Å². The van der Waals surface area contributed by atoms with Crippen LogP contribution >= 0.6 is 11.3 Å². The highest BCUT2D eigenvalue weighted by Crippen LogP contribution is 2.19. The highest BCUT2D eigenvalue weighted by molar-refractivity contribution is 7.13. The van der Waals surface area contributed by atoms with E-state index in [4.69, 9.17) is 0 Å². The van der Waals surface area contributed by atoms with Crippen LogP contribution in [0.15, 0.2) is 5.38 Å². The molecule has 8 heteroatoms.